The summed E-state index contributed by atoms with van der Waals surface area (Å²) in [4.78, 5) is 37.4. The number of hydrogen-bond acceptors (Lipinski definition) is 7. The molecule has 0 saturated heterocycles. The van der Waals surface area contributed by atoms with E-state index in [-0.39, 0.29) is 0 Å². The van der Waals surface area contributed by atoms with Gasteiger partial charge in [-0.1, -0.05) is 19.6 Å². The fourth-order valence-corrected chi connectivity index (χ4v) is 1.20. The number of carbonyl (C=O) groups excluding carboxylic acids is 3. The number of esters is 1. The fraction of sp³-hybridized carbons (Fsp3) is 0.312. The molecule has 23 heavy (non-hydrogen) atoms. The SMILES string of the molecule is C=C(C)C(=O)OC(O)CC.Cc1ccc(N=C=O)cc1N=C=O. The van der Waals surface area contributed by atoms with Gasteiger partial charge in [0.15, 0.2) is 0 Å². The molecular weight excluding hydrogens is 300 g/mol. The van der Waals surface area contributed by atoms with Gasteiger partial charge >= 0.3 is 5.97 Å². The molecule has 0 bridgehead atoms. The van der Waals surface area contributed by atoms with E-state index in [1.807, 2.05) is 0 Å². The Morgan fingerprint density at radius 3 is 2.43 bits per heavy atom. The lowest BCUT2D eigenvalue weighted by molar-refractivity contribution is -0.162. The summed E-state index contributed by atoms with van der Waals surface area (Å²) in [6.07, 6.45) is 2.24. The second-order valence-electron chi connectivity index (χ2n) is 4.43. The van der Waals surface area contributed by atoms with Crippen molar-refractivity contribution in [1.82, 2.24) is 0 Å². The van der Waals surface area contributed by atoms with Crippen LogP contribution in [0.15, 0.2) is 40.3 Å². The highest BCUT2D eigenvalue weighted by Crippen LogP contribution is 2.23. The standard InChI is InChI=1S/C9H6N2O2.C7H12O3/c1-7-2-3-8(10-5-12)4-9(7)11-6-13;1-4-6(8)10-7(9)5(2)3/h2-4H,1H3;6,8H,2,4H2,1,3H3. The zero-order valence-corrected chi connectivity index (χ0v) is 13.2. The Hall–Kier alpha value is -2.85. The number of aryl methyl sites for hydroxylation is 1. The maximum Gasteiger partial charge on any atom is 0.335 e. The van der Waals surface area contributed by atoms with Gasteiger partial charge in [-0.15, -0.1) is 0 Å². The third-order valence-electron chi connectivity index (χ3n) is 2.47. The van der Waals surface area contributed by atoms with Gasteiger partial charge in [-0.25, -0.2) is 14.4 Å². The largest absolute Gasteiger partial charge is 0.433 e. The van der Waals surface area contributed by atoms with Crippen LogP contribution in [0.2, 0.25) is 0 Å². The summed E-state index contributed by atoms with van der Waals surface area (Å²) in [6, 6.07) is 4.88. The van der Waals surface area contributed by atoms with Crippen molar-refractivity contribution < 1.29 is 24.2 Å². The van der Waals surface area contributed by atoms with Crippen molar-refractivity contribution in [2.45, 2.75) is 33.5 Å². The third-order valence-corrected chi connectivity index (χ3v) is 2.47. The van der Waals surface area contributed by atoms with E-state index >= 15 is 0 Å². The number of carbonyl (C=O) groups is 1. The summed E-state index contributed by atoms with van der Waals surface area (Å²) in [5, 5.41) is 8.79. The molecule has 0 saturated carbocycles. The number of aliphatic hydroxyl groups excluding tert-OH is 1. The van der Waals surface area contributed by atoms with Crippen LogP contribution in [-0.2, 0) is 19.1 Å². The lowest BCUT2D eigenvalue weighted by Crippen LogP contribution is -2.16. The van der Waals surface area contributed by atoms with Gasteiger partial charge in [-0.05, 0) is 31.5 Å². The van der Waals surface area contributed by atoms with E-state index in [2.05, 4.69) is 21.3 Å². The van der Waals surface area contributed by atoms with E-state index in [4.69, 9.17) is 5.11 Å². The molecule has 1 rings (SSSR count). The number of hydrogen-bond donors (Lipinski definition) is 1. The van der Waals surface area contributed by atoms with Crippen LogP contribution in [0, 0.1) is 6.92 Å². The van der Waals surface area contributed by atoms with Crippen LogP contribution in [0.25, 0.3) is 0 Å². The Morgan fingerprint density at radius 2 is 1.96 bits per heavy atom. The second-order valence-corrected chi connectivity index (χ2v) is 4.43. The predicted molar refractivity (Wildman–Crippen MR) is 83.9 cm³/mol. The molecule has 1 aromatic carbocycles. The van der Waals surface area contributed by atoms with Crippen LogP contribution < -0.4 is 0 Å². The zero-order valence-electron chi connectivity index (χ0n) is 13.2. The van der Waals surface area contributed by atoms with Crippen molar-refractivity contribution in [3.8, 4) is 0 Å². The van der Waals surface area contributed by atoms with Crippen molar-refractivity contribution in [2.24, 2.45) is 9.98 Å². The van der Waals surface area contributed by atoms with Gasteiger partial charge in [-0.3, -0.25) is 0 Å². The minimum absolute atomic E-state index is 0.299. The molecule has 0 spiro atoms. The maximum atomic E-state index is 10.6. The minimum Gasteiger partial charge on any atom is -0.433 e. The number of aliphatic imine (C=N–C) groups is 2. The average Bonchev–Trinajstić information content (AvgIpc) is 2.51. The summed E-state index contributed by atoms with van der Waals surface area (Å²) >= 11 is 0. The van der Waals surface area contributed by atoms with E-state index < -0.39 is 12.3 Å². The smallest absolute Gasteiger partial charge is 0.335 e. The number of rotatable bonds is 5. The molecule has 0 amide bonds. The number of ether oxygens (including phenoxy) is 1. The first-order valence-corrected chi connectivity index (χ1v) is 6.66. The Bertz CT molecular complexity index is 656. The Morgan fingerprint density at radius 1 is 1.35 bits per heavy atom. The summed E-state index contributed by atoms with van der Waals surface area (Å²) in [7, 11) is 0. The Kier molecular flexibility index (Phi) is 9.48. The first kappa shape index (κ1) is 20.1. The molecule has 0 aliphatic heterocycles. The average molecular weight is 318 g/mol. The number of nitrogens with zero attached hydrogens (tertiary/aromatic N) is 2. The molecule has 0 heterocycles. The molecule has 7 nitrogen and oxygen atoms in total. The van der Waals surface area contributed by atoms with Crippen LogP contribution in [0.1, 0.15) is 25.8 Å². The zero-order chi connectivity index (χ0) is 17.8. The van der Waals surface area contributed by atoms with Gasteiger partial charge in [0, 0.05) is 12.0 Å². The van der Waals surface area contributed by atoms with Gasteiger partial charge in [0.1, 0.15) is 0 Å². The van der Waals surface area contributed by atoms with Crippen molar-refractivity contribution in [3.05, 3.63) is 35.9 Å². The quantitative estimate of drug-likeness (QED) is 0.295. The lowest BCUT2D eigenvalue weighted by Gasteiger charge is -2.08. The van der Waals surface area contributed by atoms with Crippen LogP contribution in [0.3, 0.4) is 0 Å². The number of isocyanates is 2. The molecule has 122 valence electrons. The predicted octanol–water partition coefficient (Wildman–Crippen LogP) is 2.76. The van der Waals surface area contributed by atoms with E-state index in [9.17, 15) is 14.4 Å². The van der Waals surface area contributed by atoms with E-state index in [1.165, 1.54) is 25.1 Å². The van der Waals surface area contributed by atoms with Crippen molar-refractivity contribution >= 4 is 29.5 Å². The molecule has 7 heteroatoms. The summed E-state index contributed by atoms with van der Waals surface area (Å²) in [5.41, 5.74) is 2.02. The van der Waals surface area contributed by atoms with E-state index in [0.29, 0.717) is 23.4 Å². The van der Waals surface area contributed by atoms with Crippen LogP contribution in [0.4, 0.5) is 11.4 Å². The molecule has 0 radical (unpaired) electrons. The van der Waals surface area contributed by atoms with Gasteiger partial charge < -0.3 is 9.84 Å². The van der Waals surface area contributed by atoms with Gasteiger partial charge in [-0.2, -0.15) is 9.98 Å². The Labute approximate surface area is 134 Å². The Balaban J connectivity index is 0.000000438. The van der Waals surface area contributed by atoms with E-state index in [0.717, 1.165) is 5.56 Å². The first-order valence-electron chi connectivity index (χ1n) is 6.66. The highest BCUT2D eigenvalue weighted by atomic mass is 16.6. The van der Waals surface area contributed by atoms with Crippen molar-refractivity contribution in [1.29, 1.82) is 0 Å². The van der Waals surface area contributed by atoms with Gasteiger partial charge in [0.25, 0.3) is 0 Å². The summed E-state index contributed by atoms with van der Waals surface area (Å²) in [5.74, 6) is -0.547. The molecule has 0 aliphatic carbocycles. The van der Waals surface area contributed by atoms with Crippen LogP contribution in [0.5, 0.6) is 0 Å². The topological polar surface area (TPSA) is 105 Å². The highest BCUT2D eigenvalue weighted by Gasteiger charge is 2.08. The second kappa shape index (κ2) is 10.8. The lowest BCUT2D eigenvalue weighted by atomic mass is 10.2. The molecule has 0 aliphatic rings. The third kappa shape index (κ3) is 8.24. The summed E-state index contributed by atoms with van der Waals surface area (Å²) < 4.78 is 4.48. The molecule has 1 aromatic rings. The molecule has 1 unspecified atom stereocenters. The number of aliphatic hydroxyl groups is 1. The van der Waals surface area contributed by atoms with Crippen molar-refractivity contribution in [2.75, 3.05) is 0 Å². The normalized spacial score (nSPS) is 10.1. The fourth-order valence-electron chi connectivity index (χ4n) is 1.20. The van der Waals surface area contributed by atoms with Crippen LogP contribution >= 0.6 is 0 Å². The molecular formula is C16H18N2O5. The first-order chi connectivity index (χ1) is 10.8. The van der Waals surface area contributed by atoms with Gasteiger partial charge in [0.2, 0.25) is 18.4 Å². The molecule has 1 atom stereocenters. The minimum atomic E-state index is -0.996. The maximum absolute atomic E-state index is 10.6. The van der Waals surface area contributed by atoms with E-state index in [1.54, 1.807) is 26.0 Å². The monoisotopic (exact) mass is 318 g/mol. The highest BCUT2D eigenvalue weighted by molar-refractivity contribution is 5.86. The number of benzene rings is 1. The van der Waals surface area contributed by atoms with Gasteiger partial charge in [0.05, 0.1) is 11.4 Å². The summed E-state index contributed by atoms with van der Waals surface area (Å²) in [6.45, 7) is 8.40. The molecule has 1 N–H and O–H groups in total. The van der Waals surface area contributed by atoms with Crippen molar-refractivity contribution in [3.63, 3.8) is 0 Å². The molecule has 0 aromatic heterocycles. The van der Waals surface area contributed by atoms with Crippen LogP contribution in [-0.4, -0.2) is 29.5 Å². The molecule has 0 fully saturated rings.